The summed E-state index contributed by atoms with van der Waals surface area (Å²) in [7, 11) is -3.54. The topological polar surface area (TPSA) is 80.7 Å². The molecule has 1 heterocycles. The molecule has 0 aliphatic rings. The van der Waals surface area contributed by atoms with Gasteiger partial charge >= 0.3 is 7.75 Å². The van der Waals surface area contributed by atoms with Gasteiger partial charge in [0, 0.05) is 17.3 Å². The Hall–Kier alpha value is -2.14. The number of hydrogen-bond acceptors (Lipinski definition) is 5. The predicted octanol–water partition coefficient (Wildman–Crippen LogP) is 5.79. The zero-order valence-corrected chi connectivity index (χ0v) is 17.2. The first-order chi connectivity index (χ1) is 13.6. The van der Waals surface area contributed by atoms with E-state index in [9.17, 15) is 9.67 Å². The summed E-state index contributed by atoms with van der Waals surface area (Å²) in [4.78, 5) is 4.61. The lowest BCUT2D eigenvalue weighted by Gasteiger charge is -2.20. The molecule has 6 nitrogen and oxygen atoms in total. The minimum Gasteiger partial charge on any atom is -0.507 e. The molecule has 2 aromatic carbocycles. The van der Waals surface area contributed by atoms with Gasteiger partial charge in [-0.1, -0.05) is 44.4 Å². The summed E-state index contributed by atoms with van der Waals surface area (Å²) in [6.07, 6.45) is 4.23. The Morgan fingerprint density at radius 1 is 1.11 bits per heavy atom. The molecular formula is C21H27N2O4P. The second-order valence-corrected chi connectivity index (χ2v) is 8.39. The second kappa shape index (κ2) is 9.37. The highest BCUT2D eigenvalue weighted by atomic mass is 31.2. The standard InChI is InChI=1S/C21H27N2O4P/c1-3-5-6-9-14-22-28(25,26-4-2)27-20-13-12-19(24)17-15-16-10-7-8-11-18(16)23-21(17)20/h7-8,10-13,15,24H,3-6,9,14H2,1-2H3,(H,22,25). The highest BCUT2D eigenvalue weighted by Gasteiger charge is 2.27. The predicted molar refractivity (Wildman–Crippen MR) is 113 cm³/mol. The van der Waals surface area contributed by atoms with Crippen molar-refractivity contribution < 1.29 is 18.7 Å². The SMILES string of the molecule is CCCCCCNP(=O)(OCC)Oc1ccc(O)c2cc3ccccc3nc12. The largest absolute Gasteiger partial charge is 0.507 e. The molecule has 3 aromatic rings. The molecule has 1 unspecified atom stereocenters. The Morgan fingerprint density at radius 2 is 1.93 bits per heavy atom. The third-order valence-electron chi connectivity index (χ3n) is 4.48. The van der Waals surface area contributed by atoms with Crippen LogP contribution < -0.4 is 9.61 Å². The lowest BCUT2D eigenvalue weighted by atomic mass is 10.1. The first-order valence-electron chi connectivity index (χ1n) is 9.77. The molecule has 0 spiro atoms. The van der Waals surface area contributed by atoms with Gasteiger partial charge in [-0.2, -0.15) is 0 Å². The van der Waals surface area contributed by atoms with Crippen molar-refractivity contribution in [3.05, 3.63) is 42.5 Å². The fourth-order valence-electron chi connectivity index (χ4n) is 3.07. The van der Waals surface area contributed by atoms with Crippen LogP contribution in [0.3, 0.4) is 0 Å². The van der Waals surface area contributed by atoms with Crippen molar-refractivity contribution in [3.8, 4) is 11.5 Å². The minimum atomic E-state index is -3.54. The first-order valence-corrected chi connectivity index (χ1v) is 11.3. The molecule has 150 valence electrons. The van der Waals surface area contributed by atoms with E-state index < -0.39 is 7.75 Å². The lowest BCUT2D eigenvalue weighted by Crippen LogP contribution is -2.18. The van der Waals surface area contributed by atoms with E-state index in [1.165, 1.54) is 6.07 Å². The molecule has 0 amide bonds. The molecule has 0 saturated carbocycles. The van der Waals surface area contributed by atoms with Crippen molar-refractivity contribution >= 4 is 29.6 Å². The van der Waals surface area contributed by atoms with Crippen molar-refractivity contribution in [2.45, 2.75) is 39.5 Å². The summed E-state index contributed by atoms with van der Waals surface area (Å²) in [5, 5.41) is 14.7. The Labute approximate surface area is 165 Å². The summed E-state index contributed by atoms with van der Waals surface area (Å²) < 4.78 is 24.4. The fraction of sp³-hybridized carbons (Fsp3) is 0.381. The summed E-state index contributed by atoms with van der Waals surface area (Å²) in [5.41, 5.74) is 1.22. The summed E-state index contributed by atoms with van der Waals surface area (Å²) >= 11 is 0. The van der Waals surface area contributed by atoms with Crippen molar-refractivity contribution in [2.75, 3.05) is 13.2 Å². The molecule has 0 aliphatic carbocycles. The Morgan fingerprint density at radius 3 is 2.71 bits per heavy atom. The first kappa shape index (κ1) is 20.6. The summed E-state index contributed by atoms with van der Waals surface area (Å²) in [6.45, 7) is 4.72. The highest BCUT2D eigenvalue weighted by molar-refractivity contribution is 7.52. The van der Waals surface area contributed by atoms with Crippen LogP contribution in [0.5, 0.6) is 11.5 Å². The third-order valence-corrected chi connectivity index (χ3v) is 6.13. The minimum absolute atomic E-state index is 0.0966. The van der Waals surface area contributed by atoms with E-state index in [1.54, 1.807) is 13.0 Å². The number of unbranched alkanes of at least 4 members (excludes halogenated alkanes) is 3. The third kappa shape index (κ3) is 4.82. The van der Waals surface area contributed by atoms with E-state index in [0.717, 1.165) is 36.6 Å². The number of nitrogens with one attached hydrogen (secondary N) is 1. The van der Waals surface area contributed by atoms with Crippen LogP contribution in [0.2, 0.25) is 0 Å². The van der Waals surface area contributed by atoms with Gasteiger partial charge in [0.1, 0.15) is 11.3 Å². The number of pyridine rings is 1. The van der Waals surface area contributed by atoms with E-state index in [-0.39, 0.29) is 12.4 Å². The van der Waals surface area contributed by atoms with Gasteiger partial charge in [0.25, 0.3) is 0 Å². The van der Waals surface area contributed by atoms with E-state index >= 15 is 0 Å². The van der Waals surface area contributed by atoms with Gasteiger partial charge in [-0.05, 0) is 37.6 Å². The maximum Gasteiger partial charge on any atom is 0.458 e. The van der Waals surface area contributed by atoms with E-state index in [4.69, 9.17) is 9.05 Å². The fourth-order valence-corrected chi connectivity index (χ4v) is 4.45. The molecule has 0 fully saturated rings. The second-order valence-electron chi connectivity index (χ2n) is 6.64. The molecule has 7 heteroatoms. The molecule has 2 N–H and O–H groups in total. The average molecular weight is 402 g/mol. The number of aromatic hydroxyl groups is 1. The van der Waals surface area contributed by atoms with Crippen LogP contribution in [0.1, 0.15) is 39.5 Å². The van der Waals surface area contributed by atoms with Crippen LogP contribution in [0.25, 0.3) is 21.8 Å². The molecule has 0 bridgehead atoms. The molecule has 0 radical (unpaired) electrons. The molecule has 0 aliphatic heterocycles. The zero-order valence-electron chi connectivity index (χ0n) is 16.4. The number of benzene rings is 2. The smallest absolute Gasteiger partial charge is 0.458 e. The Bertz CT molecular complexity index is 993. The van der Waals surface area contributed by atoms with Crippen molar-refractivity contribution in [2.24, 2.45) is 0 Å². The monoisotopic (exact) mass is 402 g/mol. The van der Waals surface area contributed by atoms with Crippen LogP contribution in [0.4, 0.5) is 0 Å². The van der Waals surface area contributed by atoms with Crippen molar-refractivity contribution in [1.82, 2.24) is 10.1 Å². The Balaban J connectivity index is 1.91. The maximum absolute atomic E-state index is 13.2. The molecule has 28 heavy (non-hydrogen) atoms. The zero-order chi connectivity index (χ0) is 20.0. The van der Waals surface area contributed by atoms with Crippen LogP contribution in [0.15, 0.2) is 42.5 Å². The van der Waals surface area contributed by atoms with E-state index in [2.05, 4.69) is 17.0 Å². The van der Waals surface area contributed by atoms with Crippen LogP contribution in [0, 0.1) is 0 Å². The number of phenolic OH excluding ortho intramolecular Hbond substituents is 1. The van der Waals surface area contributed by atoms with Gasteiger partial charge in [0.2, 0.25) is 0 Å². The molecular weight excluding hydrogens is 375 g/mol. The average Bonchev–Trinajstić information content (AvgIpc) is 2.69. The van der Waals surface area contributed by atoms with Crippen LogP contribution in [-0.4, -0.2) is 23.2 Å². The van der Waals surface area contributed by atoms with Gasteiger partial charge in [0.15, 0.2) is 5.75 Å². The number of para-hydroxylation sites is 1. The van der Waals surface area contributed by atoms with E-state index in [0.29, 0.717) is 23.2 Å². The molecule has 0 saturated heterocycles. The molecule has 3 rings (SSSR count). The Kier molecular flexibility index (Phi) is 6.89. The van der Waals surface area contributed by atoms with Crippen LogP contribution >= 0.6 is 7.75 Å². The van der Waals surface area contributed by atoms with Gasteiger partial charge in [-0.3, -0.25) is 4.52 Å². The molecule has 1 aromatic heterocycles. The number of hydrogen-bond donors (Lipinski definition) is 2. The van der Waals surface area contributed by atoms with Gasteiger partial charge in [-0.15, -0.1) is 0 Å². The van der Waals surface area contributed by atoms with Crippen molar-refractivity contribution in [1.29, 1.82) is 0 Å². The van der Waals surface area contributed by atoms with Gasteiger partial charge in [0.05, 0.1) is 12.1 Å². The lowest BCUT2D eigenvalue weighted by molar-refractivity contribution is 0.269. The van der Waals surface area contributed by atoms with Gasteiger partial charge in [-0.25, -0.2) is 14.6 Å². The van der Waals surface area contributed by atoms with Crippen molar-refractivity contribution in [3.63, 3.8) is 0 Å². The summed E-state index contributed by atoms with van der Waals surface area (Å²) in [5.74, 6) is 0.413. The number of phenols is 1. The number of fused-ring (bicyclic) bond motifs is 2. The molecule has 1 atom stereocenters. The highest BCUT2D eigenvalue weighted by Crippen LogP contribution is 2.47. The number of nitrogens with zero attached hydrogens (tertiary/aromatic N) is 1. The van der Waals surface area contributed by atoms with Gasteiger partial charge < -0.3 is 9.63 Å². The quantitative estimate of drug-likeness (QED) is 0.254. The van der Waals surface area contributed by atoms with E-state index in [1.807, 2.05) is 30.3 Å². The van der Waals surface area contributed by atoms with Crippen LogP contribution in [-0.2, 0) is 9.09 Å². The number of aromatic nitrogens is 1. The summed E-state index contributed by atoms with van der Waals surface area (Å²) in [6, 6.07) is 12.6. The maximum atomic E-state index is 13.2. The number of rotatable bonds is 10. The normalized spacial score (nSPS) is 13.6.